The zero-order valence-corrected chi connectivity index (χ0v) is 12.6. The lowest BCUT2D eigenvalue weighted by atomic mass is 9.79. The summed E-state index contributed by atoms with van der Waals surface area (Å²) < 4.78 is 0. The van der Waals surface area contributed by atoms with E-state index in [2.05, 4.69) is 52.9 Å². The summed E-state index contributed by atoms with van der Waals surface area (Å²) in [5, 5.41) is 3.82. The molecule has 0 aromatic rings. The van der Waals surface area contributed by atoms with Crippen LogP contribution in [0.2, 0.25) is 0 Å². The van der Waals surface area contributed by atoms with Gasteiger partial charge in [-0.3, -0.25) is 0 Å². The van der Waals surface area contributed by atoms with E-state index in [1.165, 1.54) is 24.8 Å². The summed E-state index contributed by atoms with van der Waals surface area (Å²) in [6, 6.07) is 1.37. The number of nitrogens with one attached hydrogen (secondary N) is 1. The maximum Gasteiger partial charge on any atom is 0.0130 e. The average molecular weight is 237 g/mol. The van der Waals surface area contributed by atoms with E-state index in [0.717, 1.165) is 11.8 Å². The van der Waals surface area contributed by atoms with Crippen molar-refractivity contribution in [3.05, 3.63) is 11.6 Å². The van der Waals surface area contributed by atoms with Crippen LogP contribution in [0.1, 0.15) is 60.8 Å². The normalized spacial score (nSPS) is 35.4. The van der Waals surface area contributed by atoms with Crippen LogP contribution in [0.5, 0.6) is 0 Å². The lowest BCUT2D eigenvalue weighted by Gasteiger charge is -2.39. The highest BCUT2D eigenvalue weighted by atomic mass is 15.0. The Morgan fingerprint density at radius 2 is 2.00 bits per heavy atom. The molecule has 1 heterocycles. The fourth-order valence-corrected chi connectivity index (χ4v) is 2.85. The Bertz CT molecular complexity index is 254. The molecule has 1 heteroatoms. The minimum atomic E-state index is 0.682. The molecular formula is C16H31N. The van der Waals surface area contributed by atoms with Gasteiger partial charge in [0.05, 0.1) is 0 Å². The van der Waals surface area contributed by atoms with E-state index in [9.17, 15) is 0 Å². The van der Waals surface area contributed by atoms with E-state index >= 15 is 0 Å². The van der Waals surface area contributed by atoms with Crippen LogP contribution >= 0.6 is 0 Å². The Morgan fingerprint density at radius 3 is 2.53 bits per heavy atom. The molecule has 1 saturated heterocycles. The van der Waals surface area contributed by atoms with Crippen LogP contribution in [0.4, 0.5) is 0 Å². The SMILES string of the molecule is CCC1CC(C)C(C/C=C(\C)C(C)C)NC1C. The third-order valence-electron chi connectivity index (χ3n) is 4.67. The van der Waals surface area contributed by atoms with Crippen molar-refractivity contribution in [3.63, 3.8) is 0 Å². The minimum Gasteiger partial charge on any atom is -0.311 e. The van der Waals surface area contributed by atoms with Crippen LogP contribution in [0.15, 0.2) is 11.6 Å². The van der Waals surface area contributed by atoms with Crippen LogP contribution < -0.4 is 5.32 Å². The second kappa shape index (κ2) is 6.58. The van der Waals surface area contributed by atoms with Crippen LogP contribution in [-0.4, -0.2) is 12.1 Å². The molecule has 1 nitrogen and oxygen atoms in total. The first-order valence-corrected chi connectivity index (χ1v) is 7.38. The van der Waals surface area contributed by atoms with Gasteiger partial charge in [-0.15, -0.1) is 0 Å². The van der Waals surface area contributed by atoms with Gasteiger partial charge in [-0.05, 0) is 44.4 Å². The van der Waals surface area contributed by atoms with E-state index in [1.807, 2.05) is 0 Å². The molecule has 1 aliphatic rings. The Labute approximate surface area is 108 Å². The Balaban J connectivity index is 2.53. The van der Waals surface area contributed by atoms with Crippen LogP contribution in [0.25, 0.3) is 0 Å². The highest BCUT2D eigenvalue weighted by Crippen LogP contribution is 2.29. The fourth-order valence-electron chi connectivity index (χ4n) is 2.85. The van der Waals surface area contributed by atoms with Gasteiger partial charge in [0.1, 0.15) is 0 Å². The molecule has 0 saturated carbocycles. The number of hydrogen-bond donors (Lipinski definition) is 1. The molecule has 0 spiro atoms. The largest absolute Gasteiger partial charge is 0.311 e. The van der Waals surface area contributed by atoms with Gasteiger partial charge in [0.25, 0.3) is 0 Å². The van der Waals surface area contributed by atoms with Gasteiger partial charge in [-0.1, -0.05) is 45.8 Å². The zero-order valence-electron chi connectivity index (χ0n) is 12.6. The molecule has 0 aromatic carbocycles. The van der Waals surface area contributed by atoms with Gasteiger partial charge in [0.2, 0.25) is 0 Å². The lowest BCUT2D eigenvalue weighted by Crippen LogP contribution is -2.49. The van der Waals surface area contributed by atoms with Gasteiger partial charge in [0, 0.05) is 12.1 Å². The summed E-state index contributed by atoms with van der Waals surface area (Å²) in [5.74, 6) is 2.37. The van der Waals surface area contributed by atoms with Crippen LogP contribution in [0, 0.1) is 17.8 Å². The second-order valence-electron chi connectivity index (χ2n) is 6.28. The standard InChI is InChI=1S/C16H31N/c1-7-15-10-13(5)16(17-14(15)6)9-8-12(4)11(2)3/h8,11,13-17H,7,9-10H2,1-6H3/b12-8+. The molecule has 1 aliphatic heterocycles. The summed E-state index contributed by atoms with van der Waals surface area (Å²) in [4.78, 5) is 0. The average Bonchev–Trinajstić information content (AvgIpc) is 2.29. The maximum absolute atomic E-state index is 3.82. The van der Waals surface area contributed by atoms with Gasteiger partial charge in [-0.2, -0.15) is 0 Å². The monoisotopic (exact) mass is 237 g/mol. The smallest absolute Gasteiger partial charge is 0.0130 e. The third-order valence-corrected chi connectivity index (χ3v) is 4.67. The first-order valence-electron chi connectivity index (χ1n) is 7.38. The quantitative estimate of drug-likeness (QED) is 0.715. The zero-order chi connectivity index (χ0) is 13.0. The van der Waals surface area contributed by atoms with E-state index in [1.54, 1.807) is 0 Å². The Kier molecular flexibility index (Phi) is 5.72. The van der Waals surface area contributed by atoms with Crippen molar-refractivity contribution in [2.75, 3.05) is 0 Å². The summed E-state index contributed by atoms with van der Waals surface area (Å²) in [5.41, 5.74) is 1.53. The van der Waals surface area contributed by atoms with Gasteiger partial charge in [-0.25, -0.2) is 0 Å². The molecule has 0 aromatic heterocycles. The fraction of sp³-hybridized carbons (Fsp3) is 0.875. The molecule has 1 N–H and O–H groups in total. The number of rotatable bonds is 4. The Morgan fingerprint density at radius 1 is 1.35 bits per heavy atom. The first kappa shape index (κ1) is 14.8. The molecule has 17 heavy (non-hydrogen) atoms. The molecule has 100 valence electrons. The van der Waals surface area contributed by atoms with Crippen molar-refractivity contribution in [1.29, 1.82) is 0 Å². The van der Waals surface area contributed by atoms with E-state index in [4.69, 9.17) is 0 Å². The van der Waals surface area contributed by atoms with Crippen molar-refractivity contribution in [2.45, 2.75) is 72.9 Å². The number of allylic oxidation sites excluding steroid dienone is 1. The van der Waals surface area contributed by atoms with Crippen molar-refractivity contribution >= 4 is 0 Å². The van der Waals surface area contributed by atoms with Crippen LogP contribution in [0.3, 0.4) is 0 Å². The first-order chi connectivity index (χ1) is 7.95. The number of hydrogen-bond acceptors (Lipinski definition) is 1. The molecular weight excluding hydrogens is 206 g/mol. The summed E-state index contributed by atoms with van der Waals surface area (Å²) in [6.07, 6.45) is 6.35. The summed E-state index contributed by atoms with van der Waals surface area (Å²) in [6.45, 7) is 13.9. The van der Waals surface area contributed by atoms with Gasteiger partial charge in [0.15, 0.2) is 0 Å². The van der Waals surface area contributed by atoms with Crippen molar-refractivity contribution in [2.24, 2.45) is 17.8 Å². The van der Waals surface area contributed by atoms with Crippen molar-refractivity contribution < 1.29 is 0 Å². The van der Waals surface area contributed by atoms with Crippen molar-refractivity contribution in [3.8, 4) is 0 Å². The molecule has 1 rings (SSSR count). The summed E-state index contributed by atoms with van der Waals surface area (Å²) in [7, 11) is 0. The van der Waals surface area contributed by atoms with E-state index in [0.29, 0.717) is 18.0 Å². The van der Waals surface area contributed by atoms with Crippen molar-refractivity contribution in [1.82, 2.24) is 5.32 Å². The molecule has 1 fully saturated rings. The molecule has 0 aliphatic carbocycles. The predicted molar refractivity (Wildman–Crippen MR) is 77.2 cm³/mol. The third kappa shape index (κ3) is 4.13. The van der Waals surface area contributed by atoms with Gasteiger partial charge >= 0.3 is 0 Å². The van der Waals surface area contributed by atoms with E-state index in [-0.39, 0.29) is 0 Å². The highest BCUT2D eigenvalue weighted by Gasteiger charge is 2.30. The minimum absolute atomic E-state index is 0.682. The topological polar surface area (TPSA) is 12.0 Å². The molecule has 0 amide bonds. The van der Waals surface area contributed by atoms with E-state index < -0.39 is 0 Å². The molecule has 4 atom stereocenters. The lowest BCUT2D eigenvalue weighted by molar-refractivity contribution is 0.177. The van der Waals surface area contributed by atoms with Crippen LogP contribution in [-0.2, 0) is 0 Å². The van der Waals surface area contributed by atoms with Gasteiger partial charge < -0.3 is 5.32 Å². The molecule has 0 bridgehead atoms. The second-order valence-corrected chi connectivity index (χ2v) is 6.28. The predicted octanol–water partition coefficient (Wildman–Crippen LogP) is 4.39. The highest BCUT2D eigenvalue weighted by molar-refractivity contribution is 5.03. The summed E-state index contributed by atoms with van der Waals surface area (Å²) >= 11 is 0. The molecule has 0 radical (unpaired) electrons. The molecule has 4 unspecified atom stereocenters. The maximum atomic E-state index is 3.82. The number of piperidine rings is 1. The Hall–Kier alpha value is -0.300.